The summed E-state index contributed by atoms with van der Waals surface area (Å²) >= 11 is 0. The highest BCUT2D eigenvalue weighted by Gasteiger charge is 2.08. The molecule has 0 aliphatic carbocycles. The van der Waals surface area contributed by atoms with Crippen molar-refractivity contribution in [1.82, 2.24) is 10.2 Å². The fraction of sp³-hybridized carbons (Fsp3) is 0.857. The Morgan fingerprint density at radius 3 is 2.75 bits per heavy atom. The van der Waals surface area contributed by atoms with E-state index in [4.69, 9.17) is 0 Å². The maximum absolute atomic E-state index is 3.76. The predicted molar refractivity (Wildman–Crippen MR) is 71.8 cm³/mol. The summed E-state index contributed by atoms with van der Waals surface area (Å²) in [5.41, 5.74) is 0. The van der Waals surface area contributed by atoms with Crippen molar-refractivity contribution in [2.45, 2.75) is 51.5 Å². The summed E-state index contributed by atoms with van der Waals surface area (Å²) in [4.78, 5) is 2.61. The molecule has 0 aromatic carbocycles. The van der Waals surface area contributed by atoms with E-state index in [9.17, 15) is 0 Å². The van der Waals surface area contributed by atoms with Gasteiger partial charge in [0.05, 0.1) is 0 Å². The Bertz CT molecular complexity index is 174. The second-order valence-electron chi connectivity index (χ2n) is 4.98. The summed E-state index contributed by atoms with van der Waals surface area (Å²) < 4.78 is 0. The van der Waals surface area contributed by atoms with Crippen LogP contribution in [-0.2, 0) is 0 Å². The molecule has 0 aromatic rings. The standard InChI is InChI=1S/C14H28N2/c1-3-4-9-14(2)15-10-8-13-16-11-6-5-7-12-16/h3,14-15H,1,4-13H2,2H3. The molecule has 2 heteroatoms. The third-order valence-corrected chi connectivity index (χ3v) is 3.40. The Kier molecular flexibility index (Phi) is 7.52. The zero-order valence-electron chi connectivity index (χ0n) is 10.9. The number of rotatable bonds is 8. The van der Waals surface area contributed by atoms with Gasteiger partial charge >= 0.3 is 0 Å². The van der Waals surface area contributed by atoms with Crippen LogP contribution < -0.4 is 5.32 Å². The Balaban J connectivity index is 1.92. The summed E-state index contributed by atoms with van der Waals surface area (Å²) in [6.07, 6.45) is 9.89. The van der Waals surface area contributed by atoms with Crippen LogP contribution in [0.1, 0.15) is 45.4 Å². The van der Waals surface area contributed by atoms with Crippen molar-refractivity contribution in [3.05, 3.63) is 12.7 Å². The fourth-order valence-electron chi connectivity index (χ4n) is 2.30. The van der Waals surface area contributed by atoms with E-state index in [1.807, 2.05) is 6.08 Å². The lowest BCUT2D eigenvalue weighted by Gasteiger charge is -2.26. The lowest BCUT2D eigenvalue weighted by Crippen LogP contribution is -2.33. The van der Waals surface area contributed by atoms with Crippen LogP contribution in [0, 0.1) is 0 Å². The van der Waals surface area contributed by atoms with Gasteiger partial charge in [-0.15, -0.1) is 6.58 Å². The van der Waals surface area contributed by atoms with Gasteiger partial charge in [0.25, 0.3) is 0 Å². The van der Waals surface area contributed by atoms with Gasteiger partial charge in [-0.1, -0.05) is 12.5 Å². The molecule has 1 unspecified atom stereocenters. The highest BCUT2D eigenvalue weighted by Crippen LogP contribution is 2.08. The van der Waals surface area contributed by atoms with E-state index in [0.717, 1.165) is 13.0 Å². The molecule has 1 N–H and O–H groups in total. The molecule has 1 aliphatic rings. The van der Waals surface area contributed by atoms with Crippen molar-refractivity contribution >= 4 is 0 Å². The number of nitrogens with zero attached hydrogens (tertiary/aromatic N) is 1. The molecule has 0 spiro atoms. The molecule has 0 aromatic heterocycles. The molecule has 0 saturated carbocycles. The van der Waals surface area contributed by atoms with Crippen LogP contribution in [0.15, 0.2) is 12.7 Å². The third kappa shape index (κ3) is 6.29. The zero-order chi connectivity index (χ0) is 11.6. The molecule has 1 atom stereocenters. The van der Waals surface area contributed by atoms with Crippen LogP contribution in [-0.4, -0.2) is 37.1 Å². The maximum atomic E-state index is 3.76. The van der Waals surface area contributed by atoms with E-state index in [1.165, 1.54) is 51.7 Å². The quantitative estimate of drug-likeness (QED) is 0.504. The monoisotopic (exact) mass is 224 g/mol. The molecular formula is C14H28N2. The molecule has 1 aliphatic heterocycles. The molecule has 0 bridgehead atoms. The van der Waals surface area contributed by atoms with E-state index in [-0.39, 0.29) is 0 Å². The number of nitrogens with one attached hydrogen (secondary N) is 1. The Morgan fingerprint density at radius 1 is 1.31 bits per heavy atom. The topological polar surface area (TPSA) is 15.3 Å². The largest absolute Gasteiger partial charge is 0.314 e. The molecule has 1 rings (SSSR count). The number of likely N-dealkylation sites (tertiary alicyclic amines) is 1. The van der Waals surface area contributed by atoms with Crippen LogP contribution >= 0.6 is 0 Å². The van der Waals surface area contributed by atoms with E-state index in [1.54, 1.807) is 0 Å². The molecule has 94 valence electrons. The molecule has 2 nitrogen and oxygen atoms in total. The van der Waals surface area contributed by atoms with Crippen molar-refractivity contribution in [3.63, 3.8) is 0 Å². The second kappa shape index (κ2) is 8.77. The zero-order valence-corrected chi connectivity index (χ0v) is 10.9. The van der Waals surface area contributed by atoms with E-state index >= 15 is 0 Å². The van der Waals surface area contributed by atoms with Crippen LogP contribution in [0.2, 0.25) is 0 Å². The number of hydrogen-bond donors (Lipinski definition) is 1. The first kappa shape index (κ1) is 13.7. The molecule has 1 heterocycles. The van der Waals surface area contributed by atoms with Crippen molar-refractivity contribution < 1.29 is 0 Å². The van der Waals surface area contributed by atoms with Gasteiger partial charge in [0.1, 0.15) is 0 Å². The Hall–Kier alpha value is -0.340. The molecule has 0 amide bonds. The molecular weight excluding hydrogens is 196 g/mol. The van der Waals surface area contributed by atoms with E-state index in [0.29, 0.717) is 6.04 Å². The fourth-order valence-corrected chi connectivity index (χ4v) is 2.30. The minimum Gasteiger partial charge on any atom is -0.314 e. The van der Waals surface area contributed by atoms with Crippen LogP contribution in [0.25, 0.3) is 0 Å². The van der Waals surface area contributed by atoms with E-state index < -0.39 is 0 Å². The minimum atomic E-state index is 0.638. The van der Waals surface area contributed by atoms with Crippen LogP contribution in [0.3, 0.4) is 0 Å². The average Bonchev–Trinajstić information content (AvgIpc) is 2.33. The van der Waals surface area contributed by atoms with Gasteiger partial charge < -0.3 is 10.2 Å². The first-order chi connectivity index (χ1) is 7.83. The highest BCUT2D eigenvalue weighted by molar-refractivity contribution is 4.71. The predicted octanol–water partition coefficient (Wildman–Crippen LogP) is 2.81. The maximum Gasteiger partial charge on any atom is 0.00416 e. The van der Waals surface area contributed by atoms with Gasteiger partial charge in [-0.25, -0.2) is 0 Å². The number of hydrogen-bond acceptors (Lipinski definition) is 2. The van der Waals surface area contributed by atoms with Gasteiger partial charge in [0.15, 0.2) is 0 Å². The molecule has 1 fully saturated rings. The Morgan fingerprint density at radius 2 is 2.06 bits per heavy atom. The van der Waals surface area contributed by atoms with Gasteiger partial charge in [-0.05, 0) is 65.2 Å². The van der Waals surface area contributed by atoms with Gasteiger partial charge in [0, 0.05) is 6.04 Å². The summed E-state index contributed by atoms with van der Waals surface area (Å²) in [6, 6.07) is 0.638. The lowest BCUT2D eigenvalue weighted by atomic mass is 10.1. The van der Waals surface area contributed by atoms with Gasteiger partial charge in [0.2, 0.25) is 0 Å². The summed E-state index contributed by atoms with van der Waals surface area (Å²) in [5, 5.41) is 3.58. The van der Waals surface area contributed by atoms with Gasteiger partial charge in [-0.3, -0.25) is 0 Å². The SMILES string of the molecule is C=CCCC(C)NCCCN1CCCCC1. The lowest BCUT2D eigenvalue weighted by molar-refractivity contribution is 0.225. The number of piperidine rings is 1. The Labute approximate surface area is 101 Å². The first-order valence-electron chi connectivity index (χ1n) is 6.89. The summed E-state index contributed by atoms with van der Waals surface area (Å²) in [7, 11) is 0. The normalized spacial score (nSPS) is 19.6. The average molecular weight is 224 g/mol. The molecule has 1 saturated heterocycles. The van der Waals surface area contributed by atoms with Crippen LogP contribution in [0.4, 0.5) is 0 Å². The second-order valence-corrected chi connectivity index (χ2v) is 4.98. The molecule has 16 heavy (non-hydrogen) atoms. The van der Waals surface area contributed by atoms with Crippen molar-refractivity contribution in [1.29, 1.82) is 0 Å². The minimum absolute atomic E-state index is 0.638. The third-order valence-electron chi connectivity index (χ3n) is 3.40. The van der Waals surface area contributed by atoms with Gasteiger partial charge in [-0.2, -0.15) is 0 Å². The molecule has 0 radical (unpaired) electrons. The van der Waals surface area contributed by atoms with Crippen LogP contribution in [0.5, 0.6) is 0 Å². The van der Waals surface area contributed by atoms with Crippen molar-refractivity contribution in [2.24, 2.45) is 0 Å². The summed E-state index contributed by atoms with van der Waals surface area (Å²) in [6.45, 7) is 11.1. The van der Waals surface area contributed by atoms with Crippen molar-refractivity contribution in [3.8, 4) is 0 Å². The number of allylic oxidation sites excluding steroid dienone is 1. The van der Waals surface area contributed by atoms with E-state index in [2.05, 4.69) is 23.7 Å². The summed E-state index contributed by atoms with van der Waals surface area (Å²) in [5.74, 6) is 0. The highest BCUT2D eigenvalue weighted by atomic mass is 15.1. The van der Waals surface area contributed by atoms with Crippen molar-refractivity contribution in [2.75, 3.05) is 26.2 Å². The first-order valence-corrected chi connectivity index (χ1v) is 6.89. The smallest absolute Gasteiger partial charge is 0.00416 e.